The fraction of sp³-hybridized carbons (Fsp3) is 0.647. The molecule has 4 N–H and O–H groups in total. The number of ether oxygens (including phenoxy) is 1. The van der Waals surface area contributed by atoms with Crippen molar-refractivity contribution in [2.24, 2.45) is 5.92 Å². The van der Waals surface area contributed by atoms with E-state index in [0.29, 0.717) is 0 Å². The summed E-state index contributed by atoms with van der Waals surface area (Å²) in [5, 5.41) is 39.5. The highest BCUT2D eigenvalue weighted by Gasteiger charge is 2.47. The van der Waals surface area contributed by atoms with Crippen LogP contribution in [-0.2, 0) is 10.9 Å². The molecule has 0 radical (unpaired) electrons. The number of rotatable bonds is 4. The Morgan fingerprint density at radius 2 is 1.93 bits per heavy atom. The topological polar surface area (TPSA) is 127 Å². The van der Waals surface area contributed by atoms with Gasteiger partial charge in [-0.3, -0.25) is 0 Å². The molecule has 3 rings (SSSR count). The van der Waals surface area contributed by atoms with E-state index in [2.05, 4.69) is 4.98 Å². The van der Waals surface area contributed by atoms with Crippen molar-refractivity contribution in [3.8, 4) is 0 Å². The summed E-state index contributed by atoms with van der Waals surface area (Å²) >= 11 is 0. The van der Waals surface area contributed by atoms with E-state index in [1.165, 1.54) is 11.9 Å². The zero-order valence-electron chi connectivity index (χ0n) is 15.4. The number of nitrogens with zero attached hydrogens (tertiary/aromatic N) is 3. The van der Waals surface area contributed by atoms with E-state index in [4.69, 9.17) is 4.74 Å². The van der Waals surface area contributed by atoms with Crippen molar-refractivity contribution in [3.63, 3.8) is 0 Å². The lowest BCUT2D eigenvalue weighted by Crippen LogP contribution is -2.56. The third-order valence-electron chi connectivity index (χ3n) is 5.24. The van der Waals surface area contributed by atoms with Crippen molar-refractivity contribution < 1.29 is 43.1 Å². The molecule has 1 aliphatic heterocycles. The Balaban J connectivity index is 1.86. The van der Waals surface area contributed by atoms with E-state index in [9.17, 15) is 38.4 Å². The number of hydrogen-bond donors (Lipinski definition) is 4. The van der Waals surface area contributed by atoms with E-state index in [0.717, 1.165) is 23.2 Å². The molecule has 6 atom stereocenters. The van der Waals surface area contributed by atoms with Crippen LogP contribution in [0.2, 0.25) is 0 Å². The lowest BCUT2D eigenvalue weighted by atomic mass is 9.81. The van der Waals surface area contributed by atoms with Crippen molar-refractivity contribution in [1.29, 1.82) is 0 Å². The number of aromatic nitrogens is 1. The summed E-state index contributed by atoms with van der Waals surface area (Å²) < 4.78 is 44.8. The van der Waals surface area contributed by atoms with Gasteiger partial charge in [-0.1, -0.05) is 0 Å². The summed E-state index contributed by atoms with van der Waals surface area (Å²) in [5.41, 5.74) is -0.986. The fourth-order valence-corrected chi connectivity index (χ4v) is 3.58. The van der Waals surface area contributed by atoms with Crippen molar-refractivity contribution in [2.45, 2.75) is 43.2 Å². The fourth-order valence-electron chi connectivity index (χ4n) is 3.58. The van der Waals surface area contributed by atoms with E-state index >= 15 is 0 Å². The Kier molecular flexibility index (Phi) is 6.01. The quantitative estimate of drug-likeness (QED) is 0.529. The molecule has 0 aromatic carbocycles. The third kappa shape index (κ3) is 4.16. The Morgan fingerprint density at radius 3 is 2.55 bits per heavy atom. The highest BCUT2D eigenvalue weighted by atomic mass is 19.4. The summed E-state index contributed by atoms with van der Waals surface area (Å²) in [5.74, 6) is -1.04. The molecule has 162 valence electrons. The number of carbonyl (C=O) groups excluding carboxylic acids is 1. The molecule has 9 nitrogen and oxygen atoms in total. The lowest BCUT2D eigenvalue weighted by molar-refractivity contribution is -0.188. The number of likely N-dealkylation sites (N-methyl/N-ethyl adjacent to an activating group) is 1. The van der Waals surface area contributed by atoms with Gasteiger partial charge in [-0.25, -0.2) is 14.7 Å². The number of alkyl halides is 3. The van der Waals surface area contributed by atoms with Gasteiger partial charge < -0.3 is 30.1 Å². The molecule has 0 spiro atoms. The first kappa shape index (κ1) is 21.7. The molecule has 12 heteroatoms. The molecule has 1 aromatic rings. The molecule has 2 fully saturated rings. The van der Waals surface area contributed by atoms with Crippen molar-refractivity contribution in [2.75, 3.05) is 25.1 Å². The normalized spacial score (nSPS) is 33.4. The minimum absolute atomic E-state index is 0.0197. The van der Waals surface area contributed by atoms with Crippen LogP contribution in [0.15, 0.2) is 18.3 Å². The first-order chi connectivity index (χ1) is 13.5. The first-order valence-electron chi connectivity index (χ1n) is 8.92. The van der Waals surface area contributed by atoms with Crippen molar-refractivity contribution in [1.82, 2.24) is 9.88 Å². The van der Waals surface area contributed by atoms with E-state index < -0.39 is 60.9 Å². The summed E-state index contributed by atoms with van der Waals surface area (Å²) in [6, 6.07) is 0.851. The Morgan fingerprint density at radius 1 is 1.24 bits per heavy atom. The van der Waals surface area contributed by atoms with Gasteiger partial charge in [-0.15, -0.1) is 0 Å². The molecule has 1 aromatic heterocycles. The number of amides is 2. The first-order valence-corrected chi connectivity index (χ1v) is 8.92. The molecule has 2 aliphatic rings. The molecule has 1 saturated heterocycles. The zero-order chi connectivity index (χ0) is 21.5. The summed E-state index contributed by atoms with van der Waals surface area (Å²) in [6.07, 6.45) is -10.3. The van der Waals surface area contributed by atoms with Crippen LogP contribution < -0.4 is 4.90 Å². The standard InChI is InChI=1S/C17H22F3N3O6/c1-22-6-12(29-10-4-8(7-24)13(25)15(27)14(10)26)23(16(22)28)11-5-9(2-3-21-11)17(18,19)20/h2-3,5,8,10,12-15,24-27H,4,6-7H2,1H3/t8-,10-,12+,13-,14+,15+/m1/s1. The van der Waals surface area contributed by atoms with Crippen molar-refractivity contribution >= 4 is 11.8 Å². The van der Waals surface area contributed by atoms with E-state index in [-0.39, 0.29) is 18.8 Å². The molecule has 1 aliphatic carbocycles. The molecule has 0 bridgehead atoms. The van der Waals surface area contributed by atoms with Gasteiger partial charge in [0, 0.05) is 25.8 Å². The second kappa shape index (κ2) is 8.03. The number of aliphatic hydroxyl groups excluding tert-OH is 4. The number of hydrogen-bond acceptors (Lipinski definition) is 7. The average Bonchev–Trinajstić information content (AvgIpc) is 2.95. The van der Waals surface area contributed by atoms with Crippen molar-refractivity contribution in [3.05, 3.63) is 23.9 Å². The maximum atomic E-state index is 13.0. The highest BCUT2D eigenvalue weighted by molar-refractivity contribution is 5.93. The Hall–Kier alpha value is -1.99. The number of aliphatic hydroxyl groups is 4. The molecule has 1 saturated carbocycles. The minimum atomic E-state index is -4.63. The van der Waals surface area contributed by atoms with Crippen LogP contribution in [0.5, 0.6) is 0 Å². The van der Waals surface area contributed by atoms with E-state index in [1.807, 2.05) is 0 Å². The number of halogens is 3. The van der Waals surface area contributed by atoms with Crippen LogP contribution >= 0.6 is 0 Å². The van der Waals surface area contributed by atoms with Gasteiger partial charge in [0.1, 0.15) is 18.0 Å². The number of urea groups is 1. The van der Waals surface area contributed by atoms with Crippen LogP contribution in [0.1, 0.15) is 12.0 Å². The highest BCUT2D eigenvalue weighted by Crippen LogP contribution is 2.34. The number of carbonyl (C=O) groups is 1. The number of anilines is 1. The van der Waals surface area contributed by atoms with Gasteiger partial charge in [0.2, 0.25) is 0 Å². The predicted molar refractivity (Wildman–Crippen MR) is 91.6 cm³/mol. The Bertz CT molecular complexity index is 749. The van der Waals surface area contributed by atoms with Crippen LogP contribution in [-0.4, -0.2) is 87.2 Å². The summed E-state index contributed by atoms with van der Waals surface area (Å²) in [6.45, 7) is -0.490. The van der Waals surface area contributed by atoms with Gasteiger partial charge in [0.15, 0.2) is 6.23 Å². The summed E-state index contributed by atoms with van der Waals surface area (Å²) in [4.78, 5) is 18.5. The number of pyridine rings is 1. The molecule has 2 amide bonds. The predicted octanol–water partition coefficient (Wildman–Crippen LogP) is -0.222. The molecule has 2 heterocycles. The Labute approximate surface area is 163 Å². The van der Waals surface area contributed by atoms with Gasteiger partial charge >= 0.3 is 12.2 Å². The maximum absolute atomic E-state index is 13.0. The second-order valence-electron chi connectivity index (χ2n) is 7.21. The van der Waals surface area contributed by atoms with Crippen LogP contribution in [0.25, 0.3) is 0 Å². The van der Waals surface area contributed by atoms with Crippen LogP contribution in [0.3, 0.4) is 0 Å². The summed E-state index contributed by atoms with van der Waals surface area (Å²) in [7, 11) is 1.43. The average molecular weight is 421 g/mol. The van der Waals surface area contributed by atoms with Gasteiger partial charge in [0.25, 0.3) is 0 Å². The molecule has 0 unspecified atom stereocenters. The minimum Gasteiger partial charge on any atom is -0.396 e. The maximum Gasteiger partial charge on any atom is 0.416 e. The lowest BCUT2D eigenvalue weighted by Gasteiger charge is -2.41. The van der Waals surface area contributed by atoms with E-state index in [1.54, 1.807) is 0 Å². The van der Waals surface area contributed by atoms with Gasteiger partial charge in [-0.2, -0.15) is 13.2 Å². The molecular weight excluding hydrogens is 399 g/mol. The zero-order valence-corrected chi connectivity index (χ0v) is 15.4. The smallest absolute Gasteiger partial charge is 0.396 e. The monoisotopic (exact) mass is 421 g/mol. The van der Waals surface area contributed by atoms with Gasteiger partial charge in [-0.05, 0) is 18.6 Å². The van der Waals surface area contributed by atoms with Crippen LogP contribution in [0.4, 0.5) is 23.8 Å². The SMILES string of the molecule is CN1C[C@H](O[C@@H]2C[C@H](CO)[C@@H](O)[C@H](O)[C@H]2O)N(c2cc(C(F)(F)F)ccn2)C1=O. The largest absolute Gasteiger partial charge is 0.416 e. The molecule has 29 heavy (non-hydrogen) atoms. The third-order valence-corrected chi connectivity index (χ3v) is 5.24. The second-order valence-corrected chi connectivity index (χ2v) is 7.21. The van der Waals surface area contributed by atoms with Crippen LogP contribution in [0, 0.1) is 5.92 Å². The van der Waals surface area contributed by atoms with Gasteiger partial charge in [0.05, 0.1) is 24.3 Å². The molecular formula is C17H22F3N3O6.